The summed E-state index contributed by atoms with van der Waals surface area (Å²) in [6, 6.07) is 15.6. The molecule has 0 aliphatic carbocycles. The van der Waals surface area contributed by atoms with Gasteiger partial charge in [-0.05, 0) is 12.5 Å². The number of aryl methyl sites for hydroxylation is 1. The third-order valence-corrected chi connectivity index (χ3v) is 7.33. The number of aromatic nitrogens is 2. The lowest BCUT2D eigenvalue weighted by atomic mass is 10.1. The number of rotatable bonds is 5. The highest BCUT2D eigenvalue weighted by Crippen LogP contribution is 2.27. The molecule has 2 aromatic carbocycles. The molecule has 31 heavy (non-hydrogen) atoms. The Balaban J connectivity index is 1.52. The van der Waals surface area contributed by atoms with Crippen molar-refractivity contribution >= 4 is 21.5 Å². The molecule has 0 saturated carbocycles. The van der Waals surface area contributed by atoms with Crippen LogP contribution in [0.15, 0.2) is 65.8 Å². The average Bonchev–Trinajstić information content (AvgIpc) is 2.80. The van der Waals surface area contributed by atoms with Gasteiger partial charge in [0.1, 0.15) is 12.1 Å². The van der Waals surface area contributed by atoms with Crippen molar-refractivity contribution < 1.29 is 13.3 Å². The quantitative estimate of drug-likeness (QED) is 0.444. The molecular formula is C21H21N5O4S. The summed E-state index contributed by atoms with van der Waals surface area (Å²) in [4.78, 5) is 21.2. The van der Waals surface area contributed by atoms with Crippen LogP contribution in [0.5, 0.6) is 0 Å². The number of non-ortho nitro benzene ring substituents is 1. The summed E-state index contributed by atoms with van der Waals surface area (Å²) in [6.45, 7) is 3.07. The third-order valence-electron chi connectivity index (χ3n) is 5.29. The number of hydrogen-bond acceptors (Lipinski definition) is 7. The maximum atomic E-state index is 13.1. The Hall–Kier alpha value is -3.37. The molecule has 1 fully saturated rings. The molecule has 4 rings (SSSR count). The first-order chi connectivity index (χ1) is 14.9. The second-order valence-electron chi connectivity index (χ2n) is 7.23. The number of nitro groups is 1. The SMILES string of the molecule is Cc1ccc([N+](=O)[O-])cc1S(=O)(=O)N1CCN(c2cc(-c3ccccc3)ncn2)CC1. The lowest BCUT2D eigenvalue weighted by Crippen LogP contribution is -2.49. The van der Waals surface area contributed by atoms with Crippen molar-refractivity contribution in [2.24, 2.45) is 0 Å². The second-order valence-corrected chi connectivity index (χ2v) is 9.13. The zero-order valence-electron chi connectivity index (χ0n) is 16.9. The predicted octanol–water partition coefficient (Wildman–Crippen LogP) is 2.87. The van der Waals surface area contributed by atoms with Gasteiger partial charge in [-0.2, -0.15) is 4.31 Å². The van der Waals surface area contributed by atoms with Gasteiger partial charge in [-0.25, -0.2) is 18.4 Å². The summed E-state index contributed by atoms with van der Waals surface area (Å²) in [6.07, 6.45) is 1.51. The molecule has 1 aromatic heterocycles. The zero-order valence-corrected chi connectivity index (χ0v) is 17.7. The highest BCUT2D eigenvalue weighted by Gasteiger charge is 2.31. The second kappa shape index (κ2) is 8.40. The number of nitro benzene ring substituents is 1. The van der Waals surface area contributed by atoms with E-state index in [2.05, 4.69) is 9.97 Å². The van der Waals surface area contributed by atoms with Crippen molar-refractivity contribution in [2.45, 2.75) is 11.8 Å². The molecule has 0 unspecified atom stereocenters. The average molecular weight is 439 g/mol. The van der Waals surface area contributed by atoms with Crippen LogP contribution in [0.1, 0.15) is 5.56 Å². The Kier molecular flexibility index (Phi) is 5.66. The van der Waals surface area contributed by atoms with Crippen molar-refractivity contribution in [2.75, 3.05) is 31.1 Å². The molecule has 1 aliphatic heterocycles. The van der Waals surface area contributed by atoms with Gasteiger partial charge in [-0.1, -0.05) is 36.4 Å². The topological polar surface area (TPSA) is 110 Å². The monoisotopic (exact) mass is 439 g/mol. The van der Waals surface area contributed by atoms with Crippen molar-refractivity contribution in [3.05, 3.63) is 76.6 Å². The Morgan fingerprint density at radius 2 is 1.68 bits per heavy atom. The molecule has 0 N–H and O–H groups in total. The molecule has 3 aromatic rings. The van der Waals surface area contributed by atoms with Crippen LogP contribution in [0.25, 0.3) is 11.3 Å². The van der Waals surface area contributed by atoms with Gasteiger partial charge < -0.3 is 4.90 Å². The van der Waals surface area contributed by atoms with Gasteiger partial charge in [0.05, 0.1) is 15.5 Å². The van der Waals surface area contributed by atoms with Crippen LogP contribution in [0.2, 0.25) is 0 Å². The van der Waals surface area contributed by atoms with Crippen LogP contribution >= 0.6 is 0 Å². The number of benzene rings is 2. The zero-order chi connectivity index (χ0) is 22.0. The fourth-order valence-electron chi connectivity index (χ4n) is 3.56. The van der Waals surface area contributed by atoms with Crippen molar-refractivity contribution in [1.82, 2.24) is 14.3 Å². The fraction of sp³-hybridized carbons (Fsp3) is 0.238. The van der Waals surface area contributed by atoms with E-state index in [1.54, 1.807) is 6.92 Å². The molecule has 10 heteroatoms. The van der Waals surface area contributed by atoms with Gasteiger partial charge in [0.2, 0.25) is 10.0 Å². The normalized spacial score (nSPS) is 15.1. The van der Waals surface area contributed by atoms with Crippen LogP contribution < -0.4 is 4.90 Å². The Labute approximate surface area is 180 Å². The summed E-state index contributed by atoms with van der Waals surface area (Å²) in [5, 5.41) is 11.1. The Bertz CT molecular complexity index is 1210. The molecule has 9 nitrogen and oxygen atoms in total. The van der Waals surface area contributed by atoms with E-state index in [9.17, 15) is 18.5 Å². The Morgan fingerprint density at radius 3 is 2.35 bits per heavy atom. The van der Waals surface area contributed by atoms with E-state index >= 15 is 0 Å². The summed E-state index contributed by atoms with van der Waals surface area (Å²) in [5.74, 6) is 0.734. The lowest BCUT2D eigenvalue weighted by molar-refractivity contribution is -0.385. The van der Waals surface area contributed by atoms with E-state index in [1.807, 2.05) is 41.3 Å². The van der Waals surface area contributed by atoms with Crippen molar-refractivity contribution in [3.63, 3.8) is 0 Å². The largest absolute Gasteiger partial charge is 0.354 e. The van der Waals surface area contributed by atoms with Crippen molar-refractivity contribution in [1.29, 1.82) is 0 Å². The van der Waals surface area contributed by atoms with E-state index in [0.29, 0.717) is 18.7 Å². The highest BCUT2D eigenvalue weighted by molar-refractivity contribution is 7.89. The summed E-state index contributed by atoms with van der Waals surface area (Å²) < 4.78 is 27.6. The number of nitrogens with zero attached hydrogens (tertiary/aromatic N) is 5. The molecule has 1 saturated heterocycles. The van der Waals surface area contributed by atoms with E-state index < -0.39 is 14.9 Å². The summed E-state index contributed by atoms with van der Waals surface area (Å²) >= 11 is 0. The van der Waals surface area contributed by atoms with Crippen LogP contribution in [0, 0.1) is 17.0 Å². The molecule has 1 aliphatic rings. The minimum absolute atomic E-state index is 0.0245. The van der Waals surface area contributed by atoms with Gasteiger partial charge in [-0.3, -0.25) is 10.1 Å². The molecule has 0 spiro atoms. The van der Waals surface area contributed by atoms with Crippen LogP contribution in [0.3, 0.4) is 0 Å². The molecular weight excluding hydrogens is 418 g/mol. The first-order valence-corrected chi connectivity index (χ1v) is 11.2. The minimum atomic E-state index is -3.84. The minimum Gasteiger partial charge on any atom is -0.354 e. The van der Waals surface area contributed by atoms with Crippen LogP contribution in [-0.2, 0) is 10.0 Å². The highest BCUT2D eigenvalue weighted by atomic mass is 32.2. The predicted molar refractivity (Wildman–Crippen MR) is 116 cm³/mol. The first-order valence-electron chi connectivity index (χ1n) is 9.74. The fourth-order valence-corrected chi connectivity index (χ4v) is 5.23. The van der Waals surface area contributed by atoms with E-state index in [1.165, 1.54) is 22.8 Å². The van der Waals surface area contributed by atoms with Crippen LogP contribution in [-0.4, -0.2) is 53.8 Å². The smallest absolute Gasteiger partial charge is 0.270 e. The standard InChI is InChI=1S/C21H21N5O4S/c1-16-7-8-18(26(27)28)13-20(16)31(29,30)25-11-9-24(10-12-25)21-14-19(22-15-23-21)17-5-3-2-4-6-17/h2-8,13-15H,9-12H2,1H3. The molecule has 0 bridgehead atoms. The molecule has 0 atom stereocenters. The maximum absolute atomic E-state index is 13.1. The van der Waals surface area contributed by atoms with Gasteiger partial charge in [-0.15, -0.1) is 0 Å². The number of hydrogen-bond donors (Lipinski definition) is 0. The van der Waals surface area contributed by atoms with Gasteiger partial charge >= 0.3 is 0 Å². The van der Waals surface area contributed by atoms with Gasteiger partial charge in [0, 0.05) is 49.9 Å². The number of anilines is 1. The lowest BCUT2D eigenvalue weighted by Gasteiger charge is -2.34. The molecule has 0 radical (unpaired) electrons. The van der Waals surface area contributed by atoms with Gasteiger partial charge in [0.15, 0.2) is 0 Å². The summed E-state index contributed by atoms with van der Waals surface area (Å²) in [5.41, 5.74) is 2.02. The van der Waals surface area contributed by atoms with Crippen molar-refractivity contribution in [3.8, 4) is 11.3 Å². The molecule has 2 heterocycles. The first kappa shape index (κ1) is 20.9. The van der Waals surface area contributed by atoms with Gasteiger partial charge in [0.25, 0.3) is 5.69 Å². The third kappa shape index (κ3) is 4.25. The molecule has 160 valence electrons. The van der Waals surface area contributed by atoms with E-state index in [0.717, 1.165) is 23.1 Å². The number of sulfonamides is 1. The maximum Gasteiger partial charge on any atom is 0.270 e. The summed E-state index contributed by atoms with van der Waals surface area (Å²) in [7, 11) is -3.84. The molecule has 0 amide bonds. The Morgan fingerprint density at radius 1 is 0.968 bits per heavy atom. The van der Waals surface area contributed by atoms with Crippen LogP contribution in [0.4, 0.5) is 11.5 Å². The van der Waals surface area contributed by atoms with E-state index in [4.69, 9.17) is 0 Å². The number of piperazine rings is 1. The van der Waals surface area contributed by atoms with E-state index in [-0.39, 0.29) is 23.7 Å².